The van der Waals surface area contributed by atoms with Gasteiger partial charge >= 0.3 is 0 Å². The van der Waals surface area contributed by atoms with Crippen molar-refractivity contribution in [2.75, 3.05) is 19.6 Å². The van der Waals surface area contributed by atoms with Crippen LogP contribution in [0.15, 0.2) is 12.7 Å². The maximum absolute atomic E-state index is 8.66. The Balaban J connectivity index is 3.63. The van der Waals surface area contributed by atoms with Crippen molar-refractivity contribution in [1.29, 1.82) is 5.26 Å². The number of hydrogen-bond donors (Lipinski definition) is 0. The van der Waals surface area contributed by atoms with Crippen molar-refractivity contribution < 1.29 is 0 Å². The Morgan fingerprint density at radius 3 is 2.77 bits per heavy atom. The van der Waals surface area contributed by atoms with Gasteiger partial charge in [-0.1, -0.05) is 13.0 Å². The summed E-state index contributed by atoms with van der Waals surface area (Å²) in [5.74, 6) is 0.142. The molecule has 2 heteroatoms. The standard InChI is InChI=1S/C11H20N2/c1-4-6-7-8-13(5-2)10-11(3)9-12/h4,11H,1,5-8,10H2,2-3H3. The summed E-state index contributed by atoms with van der Waals surface area (Å²) in [5, 5.41) is 8.66. The van der Waals surface area contributed by atoms with E-state index >= 15 is 0 Å². The molecule has 0 fully saturated rings. The van der Waals surface area contributed by atoms with Crippen molar-refractivity contribution in [3.8, 4) is 6.07 Å². The maximum Gasteiger partial charge on any atom is 0.0666 e. The van der Waals surface area contributed by atoms with Gasteiger partial charge in [0.1, 0.15) is 0 Å². The summed E-state index contributed by atoms with van der Waals surface area (Å²) in [7, 11) is 0. The number of unbranched alkanes of at least 4 members (excludes halogenated alkanes) is 1. The Kier molecular flexibility index (Phi) is 7.33. The first-order valence-electron chi connectivity index (χ1n) is 4.97. The quantitative estimate of drug-likeness (QED) is 0.444. The molecule has 2 nitrogen and oxygen atoms in total. The van der Waals surface area contributed by atoms with Crippen molar-refractivity contribution in [2.45, 2.75) is 26.7 Å². The molecule has 0 bridgehead atoms. The van der Waals surface area contributed by atoms with Crippen LogP contribution in [0.2, 0.25) is 0 Å². The van der Waals surface area contributed by atoms with Crippen LogP contribution in [0.25, 0.3) is 0 Å². The molecule has 0 spiro atoms. The van der Waals surface area contributed by atoms with Gasteiger partial charge in [-0.2, -0.15) is 5.26 Å². The van der Waals surface area contributed by atoms with Gasteiger partial charge in [0, 0.05) is 6.54 Å². The second kappa shape index (κ2) is 7.82. The molecule has 0 N–H and O–H groups in total. The fourth-order valence-electron chi connectivity index (χ4n) is 1.27. The topological polar surface area (TPSA) is 27.0 Å². The molecule has 0 radical (unpaired) electrons. The highest BCUT2D eigenvalue weighted by Gasteiger charge is 2.06. The summed E-state index contributed by atoms with van der Waals surface area (Å²) in [5.41, 5.74) is 0. The molecule has 0 aromatic rings. The van der Waals surface area contributed by atoms with Crippen molar-refractivity contribution in [3.63, 3.8) is 0 Å². The van der Waals surface area contributed by atoms with Gasteiger partial charge in [0.25, 0.3) is 0 Å². The molecule has 1 unspecified atom stereocenters. The number of allylic oxidation sites excluding steroid dienone is 1. The Morgan fingerprint density at radius 2 is 2.31 bits per heavy atom. The summed E-state index contributed by atoms with van der Waals surface area (Å²) in [4.78, 5) is 2.32. The van der Waals surface area contributed by atoms with Crippen LogP contribution in [0.1, 0.15) is 26.7 Å². The van der Waals surface area contributed by atoms with Gasteiger partial charge in [-0.15, -0.1) is 6.58 Å². The molecular formula is C11H20N2. The highest BCUT2D eigenvalue weighted by molar-refractivity contribution is 4.81. The second-order valence-electron chi connectivity index (χ2n) is 3.35. The molecule has 0 aromatic heterocycles. The second-order valence-corrected chi connectivity index (χ2v) is 3.35. The van der Waals surface area contributed by atoms with Crippen molar-refractivity contribution in [1.82, 2.24) is 4.90 Å². The molecule has 0 saturated carbocycles. The first kappa shape index (κ1) is 12.2. The van der Waals surface area contributed by atoms with E-state index in [1.165, 1.54) is 0 Å². The van der Waals surface area contributed by atoms with Crippen LogP contribution >= 0.6 is 0 Å². The smallest absolute Gasteiger partial charge is 0.0666 e. The third-order valence-electron chi connectivity index (χ3n) is 2.08. The van der Waals surface area contributed by atoms with Crippen LogP contribution in [0.3, 0.4) is 0 Å². The molecule has 1 atom stereocenters. The predicted molar refractivity (Wildman–Crippen MR) is 56.3 cm³/mol. The van der Waals surface area contributed by atoms with Gasteiger partial charge < -0.3 is 4.90 Å². The van der Waals surface area contributed by atoms with Crippen LogP contribution in [-0.4, -0.2) is 24.5 Å². The molecular weight excluding hydrogens is 160 g/mol. The molecule has 0 amide bonds. The van der Waals surface area contributed by atoms with Crippen molar-refractivity contribution in [2.24, 2.45) is 5.92 Å². The largest absolute Gasteiger partial charge is 0.302 e. The van der Waals surface area contributed by atoms with Gasteiger partial charge in [-0.3, -0.25) is 0 Å². The average Bonchev–Trinajstić information content (AvgIpc) is 2.16. The third-order valence-corrected chi connectivity index (χ3v) is 2.08. The first-order chi connectivity index (χ1) is 6.24. The van der Waals surface area contributed by atoms with Gasteiger partial charge in [0.2, 0.25) is 0 Å². The van der Waals surface area contributed by atoms with Gasteiger partial charge in [-0.25, -0.2) is 0 Å². The number of rotatable bonds is 7. The predicted octanol–water partition coefficient (Wildman–Crippen LogP) is 2.43. The zero-order valence-electron chi connectivity index (χ0n) is 8.79. The van der Waals surface area contributed by atoms with Crippen LogP contribution in [0.4, 0.5) is 0 Å². The van der Waals surface area contributed by atoms with Crippen LogP contribution in [-0.2, 0) is 0 Å². The van der Waals surface area contributed by atoms with Gasteiger partial charge in [-0.05, 0) is 32.9 Å². The van der Waals surface area contributed by atoms with Gasteiger partial charge in [0.05, 0.1) is 12.0 Å². The Bertz CT molecular complexity index is 169. The molecule has 0 heterocycles. The molecule has 74 valence electrons. The van der Waals surface area contributed by atoms with E-state index in [1.54, 1.807) is 0 Å². The van der Waals surface area contributed by atoms with E-state index < -0.39 is 0 Å². The van der Waals surface area contributed by atoms with E-state index in [2.05, 4.69) is 24.5 Å². The molecule has 0 rings (SSSR count). The van der Waals surface area contributed by atoms with E-state index in [0.29, 0.717) is 0 Å². The fraction of sp³-hybridized carbons (Fsp3) is 0.727. The third kappa shape index (κ3) is 6.36. The highest BCUT2D eigenvalue weighted by atomic mass is 15.1. The molecule has 13 heavy (non-hydrogen) atoms. The SMILES string of the molecule is C=CCCCN(CC)CC(C)C#N. The lowest BCUT2D eigenvalue weighted by Gasteiger charge is -2.20. The van der Waals surface area contributed by atoms with E-state index in [4.69, 9.17) is 5.26 Å². The molecule has 0 aliphatic rings. The van der Waals surface area contributed by atoms with Gasteiger partial charge in [0.15, 0.2) is 0 Å². The summed E-state index contributed by atoms with van der Waals surface area (Å²) in [6.07, 6.45) is 4.16. The Morgan fingerprint density at radius 1 is 1.62 bits per heavy atom. The molecule has 0 saturated heterocycles. The van der Waals surface area contributed by atoms with E-state index in [-0.39, 0.29) is 5.92 Å². The van der Waals surface area contributed by atoms with Crippen molar-refractivity contribution >= 4 is 0 Å². The lowest BCUT2D eigenvalue weighted by atomic mass is 10.2. The van der Waals surface area contributed by atoms with Crippen molar-refractivity contribution in [3.05, 3.63) is 12.7 Å². The first-order valence-corrected chi connectivity index (χ1v) is 4.97. The van der Waals surface area contributed by atoms with E-state index in [1.807, 2.05) is 13.0 Å². The summed E-state index contributed by atoms with van der Waals surface area (Å²) in [6, 6.07) is 2.26. The van der Waals surface area contributed by atoms with E-state index in [0.717, 1.165) is 32.5 Å². The zero-order chi connectivity index (χ0) is 10.1. The fourth-order valence-corrected chi connectivity index (χ4v) is 1.27. The summed E-state index contributed by atoms with van der Waals surface area (Å²) >= 11 is 0. The Labute approximate surface area is 81.9 Å². The normalized spacial score (nSPS) is 12.5. The number of nitrogens with zero attached hydrogens (tertiary/aromatic N) is 2. The average molecular weight is 180 g/mol. The number of hydrogen-bond acceptors (Lipinski definition) is 2. The Hall–Kier alpha value is -0.810. The molecule has 0 aliphatic carbocycles. The maximum atomic E-state index is 8.66. The van der Waals surface area contributed by atoms with E-state index in [9.17, 15) is 0 Å². The van der Waals surface area contributed by atoms with Crippen LogP contribution in [0, 0.1) is 17.2 Å². The lowest BCUT2D eigenvalue weighted by molar-refractivity contribution is 0.266. The highest BCUT2D eigenvalue weighted by Crippen LogP contribution is 2.01. The summed E-state index contributed by atoms with van der Waals surface area (Å²) < 4.78 is 0. The molecule has 0 aromatic carbocycles. The monoisotopic (exact) mass is 180 g/mol. The minimum absolute atomic E-state index is 0.142. The summed E-state index contributed by atoms with van der Waals surface area (Å²) in [6.45, 7) is 10.8. The van der Waals surface area contributed by atoms with Crippen LogP contribution < -0.4 is 0 Å². The van der Waals surface area contributed by atoms with Crippen LogP contribution in [0.5, 0.6) is 0 Å². The number of nitriles is 1. The minimum atomic E-state index is 0.142. The zero-order valence-corrected chi connectivity index (χ0v) is 8.79. The molecule has 0 aliphatic heterocycles. The lowest BCUT2D eigenvalue weighted by Crippen LogP contribution is -2.28. The minimum Gasteiger partial charge on any atom is -0.302 e.